The van der Waals surface area contributed by atoms with Gasteiger partial charge in [0, 0.05) is 0 Å². The fourth-order valence-electron chi connectivity index (χ4n) is 3.68. The summed E-state index contributed by atoms with van der Waals surface area (Å²) in [6, 6.07) is 2.41. The lowest BCUT2D eigenvalue weighted by atomic mass is 9.97. The van der Waals surface area contributed by atoms with Crippen LogP contribution in [0.4, 0.5) is 0 Å². The third kappa shape index (κ3) is 9.85. The zero-order valence-electron chi connectivity index (χ0n) is 22.1. The number of amides is 3. The zero-order valence-corrected chi connectivity index (χ0v) is 22.1. The Hall–Kier alpha value is -3.14. The topological polar surface area (TPSA) is 171 Å². The number of carboxylic acids is 1. The zero-order chi connectivity index (χ0) is 27.6. The molecule has 0 radical (unpaired) electrons. The predicted octanol–water partition coefficient (Wildman–Crippen LogP) is 1.55. The number of carbonyl (C=O) groups is 4. The van der Waals surface area contributed by atoms with Crippen molar-refractivity contribution in [3.8, 4) is 5.75 Å². The summed E-state index contributed by atoms with van der Waals surface area (Å²) in [5, 5.41) is 26.9. The van der Waals surface area contributed by atoms with E-state index in [2.05, 4.69) is 16.0 Å². The second kappa shape index (κ2) is 14.4. The highest BCUT2D eigenvalue weighted by molar-refractivity contribution is 5.94. The van der Waals surface area contributed by atoms with E-state index >= 15 is 0 Å². The van der Waals surface area contributed by atoms with Crippen molar-refractivity contribution < 1.29 is 29.4 Å². The lowest BCUT2D eigenvalue weighted by Gasteiger charge is -2.28. The molecule has 0 aromatic heterocycles. The number of carbonyl (C=O) groups excluding carboxylic acids is 3. The molecular weight excluding hydrogens is 464 g/mol. The summed E-state index contributed by atoms with van der Waals surface area (Å²) in [7, 11) is 0. The van der Waals surface area contributed by atoms with Gasteiger partial charge in [-0.05, 0) is 48.3 Å². The Kier molecular flexibility index (Phi) is 12.4. The Morgan fingerprint density at radius 1 is 0.861 bits per heavy atom. The quantitative estimate of drug-likeness (QED) is 0.222. The van der Waals surface area contributed by atoms with Gasteiger partial charge in [0.1, 0.15) is 23.9 Å². The first-order chi connectivity index (χ1) is 16.8. The standard InChI is InChI=1S/C26H42N4O6/c1-7-16(6)22(26(35)36)30-24(33)20(12-14(2)3)28-25(34)21(15(4)5)29-23(32)19(27)13-17-8-10-18(31)11-9-17/h8-11,14-16,19-22,31H,7,12-13,27H2,1-6H3,(H,28,34)(H,29,32)(H,30,33)(H,35,36). The van der Waals surface area contributed by atoms with Crippen LogP contribution in [-0.2, 0) is 25.6 Å². The Morgan fingerprint density at radius 2 is 1.42 bits per heavy atom. The van der Waals surface area contributed by atoms with Gasteiger partial charge in [-0.2, -0.15) is 0 Å². The van der Waals surface area contributed by atoms with E-state index in [1.165, 1.54) is 12.1 Å². The van der Waals surface area contributed by atoms with Gasteiger partial charge >= 0.3 is 5.97 Å². The molecule has 1 aromatic carbocycles. The molecule has 0 saturated carbocycles. The number of aliphatic carboxylic acids is 1. The van der Waals surface area contributed by atoms with E-state index in [0.717, 1.165) is 5.56 Å². The van der Waals surface area contributed by atoms with E-state index < -0.39 is 47.9 Å². The average molecular weight is 507 g/mol. The van der Waals surface area contributed by atoms with Gasteiger partial charge in [0.25, 0.3) is 0 Å². The summed E-state index contributed by atoms with van der Waals surface area (Å²) in [5.74, 6) is -3.24. The van der Waals surface area contributed by atoms with Gasteiger partial charge in [-0.1, -0.05) is 60.1 Å². The molecule has 10 heteroatoms. The van der Waals surface area contributed by atoms with Crippen molar-refractivity contribution in [1.29, 1.82) is 0 Å². The second-order valence-electron chi connectivity index (χ2n) is 10.1. The van der Waals surface area contributed by atoms with Crippen LogP contribution in [-0.4, -0.2) is 58.1 Å². The van der Waals surface area contributed by atoms with Gasteiger partial charge in [0.15, 0.2) is 0 Å². The Labute approximate surface area is 213 Å². The summed E-state index contributed by atoms with van der Waals surface area (Å²) in [5.41, 5.74) is 6.80. The largest absolute Gasteiger partial charge is 0.508 e. The SMILES string of the molecule is CCC(C)C(NC(=O)C(CC(C)C)NC(=O)C(NC(=O)C(N)Cc1ccc(O)cc1)C(C)C)C(=O)O. The van der Waals surface area contributed by atoms with Crippen LogP contribution in [0.3, 0.4) is 0 Å². The fourth-order valence-corrected chi connectivity index (χ4v) is 3.68. The van der Waals surface area contributed by atoms with Crippen molar-refractivity contribution in [2.24, 2.45) is 23.5 Å². The molecule has 7 N–H and O–H groups in total. The van der Waals surface area contributed by atoms with Gasteiger partial charge in [-0.3, -0.25) is 14.4 Å². The van der Waals surface area contributed by atoms with Crippen molar-refractivity contribution in [2.45, 2.75) is 85.0 Å². The molecule has 0 spiro atoms. The fraction of sp³-hybridized carbons (Fsp3) is 0.615. The molecule has 3 amide bonds. The molecule has 1 aromatic rings. The molecule has 0 aliphatic rings. The number of carboxylic acid groups (broad SMARTS) is 1. The van der Waals surface area contributed by atoms with Crippen molar-refractivity contribution in [1.82, 2.24) is 16.0 Å². The van der Waals surface area contributed by atoms with E-state index in [1.54, 1.807) is 32.9 Å². The smallest absolute Gasteiger partial charge is 0.326 e. The maximum absolute atomic E-state index is 13.2. The van der Waals surface area contributed by atoms with Crippen LogP contribution in [0.1, 0.15) is 59.9 Å². The summed E-state index contributed by atoms with van der Waals surface area (Å²) in [6.45, 7) is 10.9. The van der Waals surface area contributed by atoms with Crippen LogP contribution in [0, 0.1) is 17.8 Å². The molecule has 0 saturated heterocycles. The Balaban J connectivity index is 2.94. The lowest BCUT2D eigenvalue weighted by molar-refractivity contribution is -0.144. The normalized spacial score (nSPS) is 15.5. The lowest BCUT2D eigenvalue weighted by Crippen LogP contribution is -2.59. The van der Waals surface area contributed by atoms with E-state index in [4.69, 9.17) is 5.73 Å². The molecule has 0 heterocycles. The van der Waals surface area contributed by atoms with Crippen LogP contribution >= 0.6 is 0 Å². The number of phenols is 1. The molecule has 5 atom stereocenters. The second-order valence-corrected chi connectivity index (χ2v) is 10.1. The maximum atomic E-state index is 13.2. The van der Waals surface area contributed by atoms with Crippen LogP contribution in [0.2, 0.25) is 0 Å². The van der Waals surface area contributed by atoms with Crippen molar-refractivity contribution in [3.63, 3.8) is 0 Å². The molecule has 0 bridgehead atoms. The minimum absolute atomic E-state index is 0.0405. The molecule has 0 aliphatic carbocycles. The first-order valence-corrected chi connectivity index (χ1v) is 12.4. The molecule has 10 nitrogen and oxygen atoms in total. The number of hydrogen-bond donors (Lipinski definition) is 6. The molecule has 202 valence electrons. The molecule has 1 rings (SSSR count). The molecular formula is C26H42N4O6. The highest BCUT2D eigenvalue weighted by Gasteiger charge is 2.33. The monoisotopic (exact) mass is 506 g/mol. The number of phenolic OH excluding ortho intramolecular Hbond substituents is 1. The predicted molar refractivity (Wildman–Crippen MR) is 137 cm³/mol. The number of rotatable bonds is 14. The third-order valence-corrected chi connectivity index (χ3v) is 6.09. The third-order valence-electron chi connectivity index (χ3n) is 6.09. The molecule has 0 aliphatic heterocycles. The van der Waals surface area contributed by atoms with Crippen LogP contribution in [0.5, 0.6) is 5.75 Å². The Bertz CT molecular complexity index is 887. The minimum Gasteiger partial charge on any atom is -0.508 e. The number of nitrogens with two attached hydrogens (primary N) is 1. The van der Waals surface area contributed by atoms with Gasteiger partial charge in [-0.25, -0.2) is 4.79 Å². The minimum atomic E-state index is -1.14. The number of hydrogen-bond acceptors (Lipinski definition) is 6. The molecule has 36 heavy (non-hydrogen) atoms. The van der Waals surface area contributed by atoms with Crippen molar-refractivity contribution >= 4 is 23.7 Å². The summed E-state index contributed by atoms with van der Waals surface area (Å²) < 4.78 is 0. The average Bonchev–Trinajstić information content (AvgIpc) is 2.80. The first-order valence-electron chi connectivity index (χ1n) is 12.4. The molecule has 0 fully saturated rings. The highest BCUT2D eigenvalue weighted by atomic mass is 16.4. The van der Waals surface area contributed by atoms with Gasteiger partial charge in [0.05, 0.1) is 6.04 Å². The van der Waals surface area contributed by atoms with E-state index in [0.29, 0.717) is 12.8 Å². The summed E-state index contributed by atoms with van der Waals surface area (Å²) >= 11 is 0. The molecule has 5 unspecified atom stereocenters. The van der Waals surface area contributed by atoms with Crippen LogP contribution in [0.15, 0.2) is 24.3 Å². The summed E-state index contributed by atoms with van der Waals surface area (Å²) in [4.78, 5) is 50.5. The van der Waals surface area contributed by atoms with E-state index in [-0.39, 0.29) is 29.9 Å². The van der Waals surface area contributed by atoms with Crippen LogP contribution < -0.4 is 21.7 Å². The Morgan fingerprint density at radius 3 is 1.89 bits per heavy atom. The number of nitrogens with one attached hydrogen (secondary N) is 3. The van der Waals surface area contributed by atoms with Crippen molar-refractivity contribution in [3.05, 3.63) is 29.8 Å². The number of aromatic hydroxyl groups is 1. The van der Waals surface area contributed by atoms with Crippen LogP contribution in [0.25, 0.3) is 0 Å². The van der Waals surface area contributed by atoms with E-state index in [1.807, 2.05) is 20.8 Å². The summed E-state index contributed by atoms with van der Waals surface area (Å²) in [6.07, 6.45) is 1.07. The van der Waals surface area contributed by atoms with Gasteiger partial charge in [0.2, 0.25) is 17.7 Å². The number of benzene rings is 1. The highest BCUT2D eigenvalue weighted by Crippen LogP contribution is 2.13. The first kappa shape index (κ1) is 30.9. The van der Waals surface area contributed by atoms with E-state index in [9.17, 15) is 29.4 Å². The van der Waals surface area contributed by atoms with Crippen molar-refractivity contribution in [2.75, 3.05) is 0 Å². The van der Waals surface area contributed by atoms with Gasteiger partial charge in [-0.15, -0.1) is 0 Å². The van der Waals surface area contributed by atoms with Gasteiger partial charge < -0.3 is 31.9 Å². The maximum Gasteiger partial charge on any atom is 0.326 e.